The van der Waals surface area contributed by atoms with Gasteiger partial charge >= 0.3 is 0 Å². The van der Waals surface area contributed by atoms with Gasteiger partial charge in [0, 0.05) is 25.5 Å². The fraction of sp³-hybridized carbons (Fsp3) is 0.545. The van der Waals surface area contributed by atoms with Gasteiger partial charge in [-0.3, -0.25) is 4.79 Å². The van der Waals surface area contributed by atoms with Crippen molar-refractivity contribution in [1.29, 1.82) is 0 Å². The Kier molecular flexibility index (Phi) is 5.01. The summed E-state index contributed by atoms with van der Waals surface area (Å²) in [6.07, 6.45) is 3.52. The van der Waals surface area contributed by atoms with Crippen LogP contribution in [0.25, 0.3) is 0 Å². The van der Waals surface area contributed by atoms with E-state index in [2.05, 4.69) is 5.32 Å². The lowest BCUT2D eigenvalue weighted by atomic mass is 10.3. The minimum absolute atomic E-state index is 0.00498. The van der Waals surface area contributed by atoms with Gasteiger partial charge in [0.1, 0.15) is 6.54 Å². The Morgan fingerprint density at radius 1 is 1.69 bits per heavy atom. The van der Waals surface area contributed by atoms with E-state index in [4.69, 9.17) is 9.84 Å². The van der Waals surface area contributed by atoms with E-state index in [1.165, 1.54) is 0 Å². The molecule has 0 aliphatic carbocycles. The number of rotatable bonds is 6. The van der Waals surface area contributed by atoms with E-state index < -0.39 is 0 Å². The molecule has 0 spiro atoms. The largest absolute Gasteiger partial charge is 0.392 e. The lowest BCUT2D eigenvalue weighted by molar-refractivity contribution is -0.122. The third-order valence-electron chi connectivity index (χ3n) is 2.14. The molecular formula is C11H18N2O3. The molecule has 0 saturated heterocycles. The quantitative estimate of drug-likeness (QED) is 0.725. The second-order valence-corrected chi connectivity index (χ2v) is 3.77. The number of nitrogens with zero attached hydrogens (tertiary/aromatic N) is 1. The van der Waals surface area contributed by atoms with E-state index in [0.29, 0.717) is 6.61 Å². The van der Waals surface area contributed by atoms with Crippen LogP contribution < -0.4 is 5.32 Å². The second-order valence-electron chi connectivity index (χ2n) is 3.77. The second kappa shape index (κ2) is 6.30. The van der Waals surface area contributed by atoms with Crippen molar-refractivity contribution in [3.63, 3.8) is 0 Å². The molecule has 90 valence electrons. The smallest absolute Gasteiger partial charge is 0.240 e. The van der Waals surface area contributed by atoms with Crippen LogP contribution in [-0.4, -0.2) is 35.3 Å². The average Bonchev–Trinajstić information content (AvgIpc) is 2.65. The molecule has 1 aromatic rings. The highest BCUT2D eigenvalue weighted by Gasteiger charge is 2.07. The summed E-state index contributed by atoms with van der Waals surface area (Å²) in [7, 11) is 1.60. The van der Waals surface area contributed by atoms with Crippen molar-refractivity contribution in [1.82, 2.24) is 9.88 Å². The molecule has 1 rings (SSSR count). The molecule has 5 nitrogen and oxygen atoms in total. The predicted octanol–water partition coefficient (Wildman–Crippen LogP) is 0.131. The number of methoxy groups -OCH3 is 1. The lowest BCUT2D eigenvalue weighted by Crippen LogP contribution is -2.37. The number of hydrogen-bond acceptors (Lipinski definition) is 3. The zero-order valence-electron chi connectivity index (χ0n) is 9.64. The molecule has 1 aromatic heterocycles. The van der Waals surface area contributed by atoms with Gasteiger partial charge in [0.25, 0.3) is 0 Å². The van der Waals surface area contributed by atoms with Crippen molar-refractivity contribution in [2.45, 2.75) is 26.1 Å². The zero-order valence-corrected chi connectivity index (χ0v) is 9.64. The molecule has 0 aliphatic rings. The van der Waals surface area contributed by atoms with Crippen LogP contribution in [0.4, 0.5) is 0 Å². The Morgan fingerprint density at radius 3 is 3.00 bits per heavy atom. The number of carbonyl (C=O) groups is 1. The molecule has 1 unspecified atom stereocenters. The Morgan fingerprint density at radius 2 is 2.44 bits per heavy atom. The normalized spacial score (nSPS) is 12.4. The summed E-state index contributed by atoms with van der Waals surface area (Å²) >= 11 is 0. The third kappa shape index (κ3) is 4.04. The van der Waals surface area contributed by atoms with Crippen molar-refractivity contribution in [2.24, 2.45) is 0 Å². The summed E-state index contributed by atoms with van der Waals surface area (Å²) in [5, 5.41) is 11.7. The van der Waals surface area contributed by atoms with E-state index >= 15 is 0 Å². The molecule has 1 amide bonds. The molecule has 0 aromatic carbocycles. The Hall–Kier alpha value is -1.33. The number of aromatic nitrogens is 1. The average molecular weight is 226 g/mol. The molecule has 0 radical (unpaired) electrons. The Balaban J connectivity index is 2.39. The van der Waals surface area contributed by atoms with Crippen LogP contribution in [0, 0.1) is 0 Å². The molecule has 0 saturated carbocycles. The molecule has 0 aliphatic heterocycles. The Labute approximate surface area is 95.0 Å². The lowest BCUT2D eigenvalue weighted by Gasteiger charge is -2.12. The number of nitrogens with one attached hydrogen (secondary N) is 1. The van der Waals surface area contributed by atoms with Crippen LogP contribution in [0.2, 0.25) is 0 Å². The van der Waals surface area contributed by atoms with Crippen molar-refractivity contribution < 1.29 is 14.6 Å². The van der Waals surface area contributed by atoms with Crippen molar-refractivity contribution in [3.05, 3.63) is 24.0 Å². The van der Waals surface area contributed by atoms with Gasteiger partial charge in [-0.05, 0) is 18.6 Å². The monoisotopic (exact) mass is 226 g/mol. The number of hydrogen-bond donors (Lipinski definition) is 2. The molecule has 5 heteroatoms. The highest BCUT2D eigenvalue weighted by atomic mass is 16.5. The van der Waals surface area contributed by atoms with Crippen LogP contribution in [0.3, 0.4) is 0 Å². The highest BCUT2D eigenvalue weighted by Crippen LogP contribution is 2.00. The molecule has 1 heterocycles. The molecule has 1 atom stereocenters. The Bertz CT molecular complexity index is 336. The molecule has 0 bridgehead atoms. The van der Waals surface area contributed by atoms with Crippen LogP contribution >= 0.6 is 0 Å². The fourth-order valence-electron chi connectivity index (χ4n) is 1.46. The van der Waals surface area contributed by atoms with Crippen LogP contribution in [0.5, 0.6) is 0 Å². The van der Waals surface area contributed by atoms with Crippen molar-refractivity contribution >= 4 is 5.91 Å². The van der Waals surface area contributed by atoms with E-state index in [1.807, 2.05) is 6.92 Å². The van der Waals surface area contributed by atoms with Gasteiger partial charge in [-0.15, -0.1) is 0 Å². The van der Waals surface area contributed by atoms with Crippen LogP contribution in [0.1, 0.15) is 12.5 Å². The topological polar surface area (TPSA) is 63.5 Å². The fourth-order valence-corrected chi connectivity index (χ4v) is 1.46. The number of carbonyl (C=O) groups excluding carboxylic acids is 1. The molecular weight excluding hydrogens is 208 g/mol. The van der Waals surface area contributed by atoms with E-state index in [-0.39, 0.29) is 25.1 Å². The maximum Gasteiger partial charge on any atom is 0.240 e. The summed E-state index contributed by atoms with van der Waals surface area (Å²) in [6.45, 7) is 2.64. The van der Waals surface area contributed by atoms with Gasteiger partial charge in [-0.25, -0.2) is 0 Å². The number of amides is 1. The predicted molar refractivity (Wildman–Crippen MR) is 59.8 cm³/mol. The first-order valence-electron chi connectivity index (χ1n) is 5.19. The van der Waals surface area contributed by atoms with Gasteiger partial charge in [0.05, 0.1) is 13.2 Å². The SMILES string of the molecule is COCC(C)NC(=O)Cn1ccc(CO)c1. The standard InChI is InChI=1S/C11H18N2O3/c1-9(8-16-2)12-11(15)6-13-4-3-10(5-13)7-14/h3-5,9,14H,6-8H2,1-2H3,(H,12,15). The molecule has 16 heavy (non-hydrogen) atoms. The first-order chi connectivity index (χ1) is 7.65. The zero-order chi connectivity index (χ0) is 12.0. The number of aliphatic hydroxyl groups is 1. The minimum Gasteiger partial charge on any atom is -0.392 e. The van der Waals surface area contributed by atoms with Gasteiger partial charge < -0.3 is 19.7 Å². The van der Waals surface area contributed by atoms with E-state index in [9.17, 15) is 4.79 Å². The van der Waals surface area contributed by atoms with Gasteiger partial charge in [0.2, 0.25) is 5.91 Å². The maximum absolute atomic E-state index is 11.5. The summed E-state index contributed by atoms with van der Waals surface area (Å²) in [5.41, 5.74) is 0.803. The summed E-state index contributed by atoms with van der Waals surface area (Å²) < 4.78 is 6.66. The third-order valence-corrected chi connectivity index (χ3v) is 2.14. The first-order valence-corrected chi connectivity index (χ1v) is 5.19. The van der Waals surface area contributed by atoms with Gasteiger partial charge in [0.15, 0.2) is 0 Å². The van der Waals surface area contributed by atoms with Gasteiger partial charge in [-0.2, -0.15) is 0 Å². The van der Waals surface area contributed by atoms with E-state index in [0.717, 1.165) is 5.56 Å². The van der Waals surface area contributed by atoms with Gasteiger partial charge in [-0.1, -0.05) is 0 Å². The van der Waals surface area contributed by atoms with Crippen molar-refractivity contribution in [2.75, 3.05) is 13.7 Å². The minimum atomic E-state index is -0.0651. The van der Waals surface area contributed by atoms with Crippen LogP contribution in [0.15, 0.2) is 18.5 Å². The summed E-state index contributed by atoms with van der Waals surface area (Å²) in [6, 6.07) is 1.79. The van der Waals surface area contributed by atoms with Crippen molar-refractivity contribution in [3.8, 4) is 0 Å². The molecule has 2 N–H and O–H groups in total. The molecule has 0 fully saturated rings. The first kappa shape index (κ1) is 12.7. The number of ether oxygens (including phenoxy) is 1. The summed E-state index contributed by atoms with van der Waals surface area (Å²) in [4.78, 5) is 11.5. The highest BCUT2D eigenvalue weighted by molar-refractivity contribution is 5.76. The summed E-state index contributed by atoms with van der Waals surface area (Å²) in [5.74, 6) is -0.0651. The van der Waals surface area contributed by atoms with Crippen LogP contribution in [-0.2, 0) is 22.7 Å². The number of aliphatic hydroxyl groups excluding tert-OH is 1. The maximum atomic E-state index is 11.5. The van der Waals surface area contributed by atoms with E-state index in [1.54, 1.807) is 30.1 Å².